The lowest BCUT2D eigenvalue weighted by atomic mass is 9.98. The molecule has 0 bridgehead atoms. The standard InChI is InChI=1S/C22H22ClFN4O2/c1-14-17(23)3-2-4-18(14)25-19(29)13-28-11-9-22(10-12-28)26-20(21(30)27-22)15-5-7-16(24)8-6-15/h2-8H,9-13H2,1H3,(H,25,29)(H,27,30). The van der Waals surface area contributed by atoms with E-state index in [-0.39, 0.29) is 24.2 Å². The topological polar surface area (TPSA) is 73.8 Å². The first-order valence-corrected chi connectivity index (χ1v) is 10.2. The molecule has 0 saturated carbocycles. The second kappa shape index (κ2) is 8.16. The molecule has 1 fully saturated rings. The number of carbonyl (C=O) groups is 2. The van der Waals surface area contributed by atoms with Crippen LogP contribution in [0.15, 0.2) is 47.5 Å². The lowest BCUT2D eigenvalue weighted by Crippen LogP contribution is -2.52. The number of hydrogen-bond donors (Lipinski definition) is 2. The Labute approximate surface area is 179 Å². The molecule has 0 atom stereocenters. The van der Waals surface area contributed by atoms with Gasteiger partial charge in [-0.2, -0.15) is 0 Å². The smallest absolute Gasteiger partial charge is 0.272 e. The first kappa shape index (κ1) is 20.5. The van der Waals surface area contributed by atoms with Crippen LogP contribution >= 0.6 is 11.6 Å². The van der Waals surface area contributed by atoms with Crippen molar-refractivity contribution >= 4 is 34.8 Å². The minimum atomic E-state index is -0.655. The van der Waals surface area contributed by atoms with Crippen LogP contribution in [0.25, 0.3) is 0 Å². The third-order valence-electron chi connectivity index (χ3n) is 5.60. The summed E-state index contributed by atoms with van der Waals surface area (Å²) in [4.78, 5) is 31.6. The number of nitrogens with zero attached hydrogens (tertiary/aromatic N) is 2. The number of benzene rings is 2. The average molecular weight is 429 g/mol. The normalized spacial score (nSPS) is 18.2. The van der Waals surface area contributed by atoms with Gasteiger partial charge in [0.25, 0.3) is 5.91 Å². The Morgan fingerprint density at radius 3 is 2.63 bits per heavy atom. The highest BCUT2D eigenvalue weighted by Gasteiger charge is 2.42. The van der Waals surface area contributed by atoms with Crippen molar-refractivity contribution in [2.24, 2.45) is 4.99 Å². The van der Waals surface area contributed by atoms with Crippen molar-refractivity contribution in [1.29, 1.82) is 0 Å². The van der Waals surface area contributed by atoms with Crippen molar-refractivity contribution in [1.82, 2.24) is 10.2 Å². The number of likely N-dealkylation sites (tertiary alicyclic amines) is 1. The van der Waals surface area contributed by atoms with E-state index in [0.717, 1.165) is 5.56 Å². The van der Waals surface area contributed by atoms with Crippen LogP contribution in [-0.2, 0) is 9.59 Å². The Morgan fingerprint density at radius 1 is 1.23 bits per heavy atom. The summed E-state index contributed by atoms with van der Waals surface area (Å²) in [7, 11) is 0. The molecule has 2 aromatic carbocycles. The summed E-state index contributed by atoms with van der Waals surface area (Å²) in [6, 6.07) is 11.2. The van der Waals surface area contributed by atoms with Gasteiger partial charge in [0.15, 0.2) is 0 Å². The maximum absolute atomic E-state index is 13.2. The van der Waals surface area contributed by atoms with E-state index < -0.39 is 5.66 Å². The molecule has 2 aliphatic rings. The number of rotatable bonds is 4. The summed E-state index contributed by atoms with van der Waals surface area (Å²) in [5, 5.41) is 6.50. The van der Waals surface area contributed by atoms with Gasteiger partial charge < -0.3 is 10.6 Å². The van der Waals surface area contributed by atoms with Gasteiger partial charge in [-0.05, 0) is 48.9 Å². The Morgan fingerprint density at radius 2 is 1.93 bits per heavy atom. The van der Waals surface area contributed by atoms with Crippen molar-refractivity contribution in [3.63, 3.8) is 0 Å². The zero-order valence-electron chi connectivity index (χ0n) is 16.5. The van der Waals surface area contributed by atoms with Crippen molar-refractivity contribution in [3.05, 3.63) is 64.4 Å². The summed E-state index contributed by atoms with van der Waals surface area (Å²) in [5.74, 6) is -0.710. The van der Waals surface area contributed by atoms with E-state index in [1.165, 1.54) is 12.1 Å². The van der Waals surface area contributed by atoms with Gasteiger partial charge in [0, 0.05) is 42.2 Å². The number of anilines is 1. The molecule has 2 N–H and O–H groups in total. The highest BCUT2D eigenvalue weighted by molar-refractivity contribution is 6.46. The van der Waals surface area contributed by atoms with Gasteiger partial charge in [0.05, 0.1) is 6.54 Å². The second-order valence-electron chi connectivity index (χ2n) is 7.69. The summed E-state index contributed by atoms with van der Waals surface area (Å²) in [5.41, 5.74) is 1.82. The minimum Gasteiger partial charge on any atom is -0.326 e. The number of aliphatic imine (C=N–C) groups is 1. The quantitative estimate of drug-likeness (QED) is 0.785. The van der Waals surface area contributed by atoms with Gasteiger partial charge in [-0.3, -0.25) is 19.5 Å². The van der Waals surface area contributed by atoms with E-state index in [1.54, 1.807) is 24.3 Å². The van der Waals surface area contributed by atoms with Crippen molar-refractivity contribution in [3.8, 4) is 0 Å². The third-order valence-corrected chi connectivity index (χ3v) is 6.01. The molecule has 30 heavy (non-hydrogen) atoms. The molecule has 6 nitrogen and oxygen atoms in total. The summed E-state index contributed by atoms with van der Waals surface area (Å²) >= 11 is 6.11. The molecule has 0 unspecified atom stereocenters. The second-order valence-corrected chi connectivity index (χ2v) is 8.10. The number of piperidine rings is 1. The molecule has 1 saturated heterocycles. The van der Waals surface area contributed by atoms with Crippen LogP contribution in [-0.4, -0.2) is 47.7 Å². The fourth-order valence-electron chi connectivity index (χ4n) is 3.82. The van der Waals surface area contributed by atoms with Crippen LogP contribution < -0.4 is 10.6 Å². The molecular weight excluding hydrogens is 407 g/mol. The zero-order chi connectivity index (χ0) is 21.3. The van der Waals surface area contributed by atoms with Gasteiger partial charge in [-0.15, -0.1) is 0 Å². The predicted octanol–water partition coefficient (Wildman–Crippen LogP) is 3.14. The van der Waals surface area contributed by atoms with E-state index in [4.69, 9.17) is 11.6 Å². The molecule has 156 valence electrons. The van der Waals surface area contributed by atoms with E-state index >= 15 is 0 Å². The van der Waals surface area contributed by atoms with E-state index in [9.17, 15) is 14.0 Å². The summed E-state index contributed by atoms with van der Waals surface area (Å²) < 4.78 is 13.2. The molecule has 2 amide bonds. The Balaban J connectivity index is 1.36. The van der Waals surface area contributed by atoms with E-state index in [2.05, 4.69) is 15.6 Å². The maximum Gasteiger partial charge on any atom is 0.272 e. The number of halogens is 2. The molecule has 0 aliphatic carbocycles. The molecule has 8 heteroatoms. The molecule has 4 rings (SSSR count). The van der Waals surface area contributed by atoms with Gasteiger partial charge in [0.2, 0.25) is 5.91 Å². The highest BCUT2D eigenvalue weighted by Crippen LogP contribution is 2.29. The van der Waals surface area contributed by atoms with Crippen molar-refractivity contribution in [2.45, 2.75) is 25.4 Å². The summed E-state index contributed by atoms with van der Waals surface area (Å²) in [6.07, 6.45) is 1.21. The lowest BCUT2D eigenvalue weighted by Gasteiger charge is -2.36. The molecule has 0 aromatic heterocycles. The third kappa shape index (κ3) is 4.22. The van der Waals surface area contributed by atoms with Crippen LogP contribution in [0.3, 0.4) is 0 Å². The molecule has 2 aliphatic heterocycles. The number of hydrogen-bond acceptors (Lipinski definition) is 4. The summed E-state index contributed by atoms with van der Waals surface area (Å²) in [6.45, 7) is 3.37. The van der Waals surface area contributed by atoms with Crippen LogP contribution in [0.1, 0.15) is 24.0 Å². The van der Waals surface area contributed by atoms with Gasteiger partial charge >= 0.3 is 0 Å². The zero-order valence-corrected chi connectivity index (χ0v) is 17.3. The highest BCUT2D eigenvalue weighted by atomic mass is 35.5. The largest absolute Gasteiger partial charge is 0.326 e. The molecular formula is C22H22ClFN4O2. The van der Waals surface area contributed by atoms with Crippen LogP contribution in [0.2, 0.25) is 5.02 Å². The lowest BCUT2D eigenvalue weighted by molar-refractivity contribution is -0.119. The molecule has 2 aromatic rings. The first-order valence-electron chi connectivity index (χ1n) is 9.81. The average Bonchev–Trinajstić information content (AvgIpc) is 3.04. The number of nitrogens with one attached hydrogen (secondary N) is 2. The minimum absolute atomic E-state index is 0.109. The Kier molecular flexibility index (Phi) is 5.58. The van der Waals surface area contributed by atoms with Gasteiger partial charge in [-0.25, -0.2) is 4.39 Å². The first-order chi connectivity index (χ1) is 14.3. The van der Waals surface area contributed by atoms with E-state index in [0.29, 0.717) is 47.9 Å². The van der Waals surface area contributed by atoms with Crippen molar-refractivity contribution in [2.75, 3.05) is 25.0 Å². The van der Waals surface area contributed by atoms with Crippen LogP contribution in [0, 0.1) is 12.7 Å². The van der Waals surface area contributed by atoms with Crippen molar-refractivity contribution < 1.29 is 14.0 Å². The number of amides is 2. The molecule has 0 radical (unpaired) electrons. The fraction of sp³-hybridized carbons (Fsp3) is 0.318. The monoisotopic (exact) mass is 428 g/mol. The maximum atomic E-state index is 13.2. The molecule has 2 heterocycles. The fourth-order valence-corrected chi connectivity index (χ4v) is 3.99. The predicted molar refractivity (Wildman–Crippen MR) is 114 cm³/mol. The molecule has 1 spiro atoms. The van der Waals surface area contributed by atoms with Gasteiger partial charge in [-0.1, -0.05) is 17.7 Å². The number of carbonyl (C=O) groups excluding carboxylic acids is 2. The van der Waals surface area contributed by atoms with Crippen LogP contribution in [0.4, 0.5) is 10.1 Å². The Hall–Kier alpha value is -2.77. The van der Waals surface area contributed by atoms with Gasteiger partial charge in [0.1, 0.15) is 17.2 Å². The Bertz CT molecular complexity index is 1010. The van der Waals surface area contributed by atoms with E-state index in [1.807, 2.05) is 17.9 Å². The SMILES string of the molecule is Cc1c(Cl)cccc1NC(=O)CN1CCC2(CC1)N=C(c1ccc(F)cc1)C(=O)N2. The van der Waals surface area contributed by atoms with Crippen LogP contribution in [0.5, 0.6) is 0 Å².